The molecule has 1 amide bonds. The first-order valence-corrected chi connectivity index (χ1v) is 13.2. The molecule has 0 saturated carbocycles. The number of nitrogens with zero attached hydrogens (tertiary/aromatic N) is 5. The summed E-state index contributed by atoms with van der Waals surface area (Å²) in [5.41, 5.74) is 6.13. The fourth-order valence-electron chi connectivity index (χ4n) is 4.60. The van der Waals surface area contributed by atoms with Gasteiger partial charge in [-0.15, -0.1) is 10.2 Å². The summed E-state index contributed by atoms with van der Waals surface area (Å²) in [6, 6.07) is 24.3. The van der Waals surface area contributed by atoms with E-state index >= 15 is 0 Å². The van der Waals surface area contributed by atoms with Crippen LogP contribution in [0.1, 0.15) is 41.6 Å². The number of tetrazole rings is 1. The molecule has 0 aliphatic rings. The van der Waals surface area contributed by atoms with Gasteiger partial charge in [0.05, 0.1) is 12.7 Å². The molecule has 2 aromatic heterocycles. The maximum Gasteiger partial charge on any atom is 0.269 e. The molecule has 0 aliphatic carbocycles. The minimum absolute atomic E-state index is 0.269. The molecule has 2 heterocycles. The van der Waals surface area contributed by atoms with Crippen molar-refractivity contribution in [3.05, 3.63) is 96.1 Å². The highest BCUT2D eigenvalue weighted by Gasteiger charge is 2.18. The summed E-state index contributed by atoms with van der Waals surface area (Å²) in [7, 11) is 0. The summed E-state index contributed by atoms with van der Waals surface area (Å²) in [4.78, 5) is 17.1. The highest BCUT2D eigenvalue weighted by molar-refractivity contribution is 5.92. The third kappa shape index (κ3) is 6.12. The summed E-state index contributed by atoms with van der Waals surface area (Å²) >= 11 is 0. The highest BCUT2D eigenvalue weighted by Crippen LogP contribution is 2.34. The molecule has 0 unspecified atom stereocenters. The number of halogens is 2. The van der Waals surface area contributed by atoms with E-state index in [-0.39, 0.29) is 5.69 Å². The van der Waals surface area contributed by atoms with Crippen molar-refractivity contribution in [2.45, 2.75) is 39.2 Å². The van der Waals surface area contributed by atoms with E-state index in [9.17, 15) is 13.6 Å². The van der Waals surface area contributed by atoms with Gasteiger partial charge < -0.3 is 9.88 Å². The van der Waals surface area contributed by atoms with Gasteiger partial charge in [0.2, 0.25) is 5.82 Å². The number of aryl methyl sites for hydroxylation is 1. The minimum Gasteiger partial charge on any atom is -0.345 e. The van der Waals surface area contributed by atoms with Crippen molar-refractivity contribution in [2.24, 2.45) is 0 Å². The fraction of sp³-hybridized carbons (Fsp3) is 0.233. The van der Waals surface area contributed by atoms with Gasteiger partial charge in [0.15, 0.2) is 0 Å². The third-order valence-corrected chi connectivity index (χ3v) is 6.66. The first-order valence-electron chi connectivity index (χ1n) is 13.2. The quantitative estimate of drug-likeness (QED) is 0.221. The van der Waals surface area contributed by atoms with E-state index < -0.39 is 18.9 Å². The normalized spacial score (nSPS) is 11.2. The number of hydrogen-bond acceptors (Lipinski definition) is 5. The maximum absolute atomic E-state index is 12.7. The predicted molar refractivity (Wildman–Crippen MR) is 149 cm³/mol. The van der Waals surface area contributed by atoms with Crippen LogP contribution >= 0.6 is 0 Å². The van der Waals surface area contributed by atoms with Crippen LogP contribution in [0.2, 0.25) is 0 Å². The lowest BCUT2D eigenvalue weighted by Crippen LogP contribution is -2.30. The molecule has 5 rings (SSSR count). The number of rotatable bonds is 11. The number of carbonyl (C=O) groups excluding carboxylic acids is 1. The van der Waals surface area contributed by atoms with Crippen molar-refractivity contribution < 1.29 is 13.6 Å². The topological polar surface area (TPSA) is 101 Å². The van der Waals surface area contributed by atoms with Crippen molar-refractivity contribution in [2.75, 3.05) is 6.54 Å². The second-order valence-electron chi connectivity index (χ2n) is 9.41. The number of benzene rings is 3. The lowest BCUT2D eigenvalue weighted by Gasteiger charge is -2.14. The van der Waals surface area contributed by atoms with Crippen LogP contribution in [-0.4, -0.2) is 49.1 Å². The average molecular weight is 542 g/mol. The molecule has 0 aliphatic heterocycles. The van der Waals surface area contributed by atoms with Crippen molar-refractivity contribution in [1.82, 2.24) is 35.5 Å². The van der Waals surface area contributed by atoms with Crippen molar-refractivity contribution >= 4 is 5.91 Å². The third-order valence-electron chi connectivity index (χ3n) is 6.66. The lowest BCUT2D eigenvalue weighted by atomic mass is 9.93. The summed E-state index contributed by atoms with van der Waals surface area (Å²) in [6.07, 6.45) is 1.41. The first-order chi connectivity index (χ1) is 19.5. The Bertz CT molecular complexity index is 1550. The van der Waals surface area contributed by atoms with Crippen molar-refractivity contribution in [1.29, 1.82) is 0 Å². The van der Waals surface area contributed by atoms with Gasteiger partial charge in [-0.3, -0.25) is 4.79 Å². The second-order valence-corrected chi connectivity index (χ2v) is 9.41. The largest absolute Gasteiger partial charge is 0.345 e. The van der Waals surface area contributed by atoms with Gasteiger partial charge in [0, 0.05) is 18.5 Å². The number of aromatic nitrogens is 6. The van der Waals surface area contributed by atoms with E-state index in [0.29, 0.717) is 18.8 Å². The van der Waals surface area contributed by atoms with Gasteiger partial charge in [-0.2, -0.15) is 5.21 Å². The van der Waals surface area contributed by atoms with Gasteiger partial charge in [0.1, 0.15) is 11.5 Å². The SMILES string of the molecule is CCCCc1ncc(C(=O)NCC(F)F)n1Cc1ccc(-c2cc(-c3ccccc3)ccc2-c2nn[nH]n2)cc1. The Balaban J connectivity index is 1.46. The van der Waals surface area contributed by atoms with Crippen molar-refractivity contribution in [3.8, 4) is 33.6 Å². The zero-order valence-corrected chi connectivity index (χ0v) is 22.0. The maximum atomic E-state index is 12.7. The van der Waals surface area contributed by atoms with Crippen LogP contribution in [0.5, 0.6) is 0 Å². The van der Waals surface area contributed by atoms with Crippen LogP contribution in [-0.2, 0) is 13.0 Å². The molecule has 40 heavy (non-hydrogen) atoms. The van der Waals surface area contributed by atoms with Crippen LogP contribution < -0.4 is 5.32 Å². The molecule has 0 spiro atoms. The number of unbranched alkanes of at least 4 members (excludes halogenated alkanes) is 1. The van der Waals surface area contributed by atoms with E-state index in [2.05, 4.69) is 56.0 Å². The van der Waals surface area contributed by atoms with Gasteiger partial charge in [0.25, 0.3) is 12.3 Å². The number of nitrogens with one attached hydrogen (secondary N) is 2. The Morgan fingerprint density at radius 2 is 1.75 bits per heavy atom. The fourth-order valence-corrected chi connectivity index (χ4v) is 4.60. The number of carbonyl (C=O) groups is 1. The molecular weight excluding hydrogens is 512 g/mol. The van der Waals surface area contributed by atoms with Crippen LogP contribution in [0.25, 0.3) is 33.6 Å². The Morgan fingerprint density at radius 3 is 2.45 bits per heavy atom. The smallest absolute Gasteiger partial charge is 0.269 e. The zero-order chi connectivity index (χ0) is 27.9. The number of H-pyrrole nitrogens is 1. The monoisotopic (exact) mass is 541 g/mol. The molecule has 5 aromatic rings. The number of alkyl halides is 2. The number of aromatic amines is 1. The molecule has 0 fully saturated rings. The Kier molecular flexibility index (Phi) is 8.34. The second kappa shape index (κ2) is 12.4. The van der Waals surface area contributed by atoms with Gasteiger partial charge >= 0.3 is 0 Å². The minimum atomic E-state index is -2.62. The molecule has 204 valence electrons. The molecule has 8 nitrogen and oxygen atoms in total. The van der Waals surface area contributed by atoms with Crippen LogP contribution in [0.4, 0.5) is 8.78 Å². The van der Waals surface area contributed by atoms with Gasteiger partial charge in [-0.05, 0) is 51.6 Å². The summed E-state index contributed by atoms with van der Waals surface area (Å²) in [5.74, 6) is 0.690. The van der Waals surface area contributed by atoms with Crippen LogP contribution in [0.3, 0.4) is 0 Å². The number of amides is 1. The summed E-state index contributed by atoms with van der Waals surface area (Å²) < 4.78 is 27.2. The number of hydrogen-bond donors (Lipinski definition) is 2. The molecule has 2 N–H and O–H groups in total. The molecule has 0 saturated heterocycles. The average Bonchev–Trinajstić information content (AvgIpc) is 3.66. The summed E-state index contributed by atoms with van der Waals surface area (Å²) in [5, 5.41) is 16.9. The number of imidazole rings is 1. The van der Waals surface area contributed by atoms with Crippen molar-refractivity contribution in [3.63, 3.8) is 0 Å². The summed E-state index contributed by atoms with van der Waals surface area (Å²) in [6.45, 7) is 1.77. The van der Waals surface area contributed by atoms with E-state index in [1.807, 2.05) is 59.2 Å². The molecule has 0 radical (unpaired) electrons. The molecule has 0 bridgehead atoms. The molecule has 0 atom stereocenters. The Morgan fingerprint density at radius 1 is 0.975 bits per heavy atom. The first kappa shape index (κ1) is 26.9. The Hall–Kier alpha value is -4.73. The van der Waals surface area contributed by atoms with Gasteiger partial charge in [-0.25, -0.2) is 13.8 Å². The van der Waals surface area contributed by atoms with E-state index in [1.54, 1.807) is 0 Å². The van der Waals surface area contributed by atoms with E-state index in [1.165, 1.54) is 6.20 Å². The van der Waals surface area contributed by atoms with Crippen LogP contribution in [0.15, 0.2) is 79.0 Å². The standard InChI is InChI=1S/C30H29F2N7O/c1-2-3-9-28-33-17-26(30(40)34-18-27(31)32)39(28)19-20-10-12-22(13-11-20)25-16-23(21-7-5-4-6-8-21)14-15-24(25)29-35-37-38-36-29/h4-8,10-17,27H,2-3,9,18-19H2,1H3,(H,34,40)(H,35,36,37,38). The highest BCUT2D eigenvalue weighted by atomic mass is 19.3. The molecule has 3 aromatic carbocycles. The lowest BCUT2D eigenvalue weighted by molar-refractivity contribution is 0.0883. The predicted octanol–water partition coefficient (Wildman–Crippen LogP) is 5.78. The zero-order valence-electron chi connectivity index (χ0n) is 22.0. The van der Waals surface area contributed by atoms with E-state index in [4.69, 9.17) is 0 Å². The molecule has 10 heteroatoms. The Labute approximate surface area is 230 Å². The van der Waals surface area contributed by atoms with Crippen LogP contribution in [0, 0.1) is 0 Å². The van der Waals surface area contributed by atoms with Gasteiger partial charge in [-0.1, -0.05) is 74.0 Å². The van der Waals surface area contributed by atoms with E-state index in [0.717, 1.165) is 52.0 Å². The molecular formula is C30H29F2N7O.